The molecule has 1 fully saturated rings. The predicted molar refractivity (Wildman–Crippen MR) is 113 cm³/mol. The van der Waals surface area contributed by atoms with Gasteiger partial charge in [0.05, 0.1) is 5.56 Å². The molecule has 1 amide bonds. The molecule has 5 heteroatoms. The number of pyridine rings is 1. The number of likely N-dealkylation sites (tertiary alicyclic amines) is 1. The topological polar surface area (TPSA) is 61.0 Å². The fourth-order valence-corrected chi connectivity index (χ4v) is 3.77. The second-order valence-electron chi connectivity index (χ2n) is 7.66. The third-order valence-corrected chi connectivity index (χ3v) is 5.73. The number of nitrogens with one attached hydrogen (secondary N) is 2. The van der Waals surface area contributed by atoms with Gasteiger partial charge in [0.1, 0.15) is 0 Å². The second kappa shape index (κ2) is 8.15. The molecule has 1 aliphatic rings. The number of fused-ring (bicyclic) bond motifs is 1. The summed E-state index contributed by atoms with van der Waals surface area (Å²) in [7, 11) is 0. The lowest BCUT2D eigenvalue weighted by Crippen LogP contribution is -2.36. The average molecular weight is 377 g/mol. The van der Waals surface area contributed by atoms with E-state index in [9.17, 15) is 4.79 Å². The summed E-state index contributed by atoms with van der Waals surface area (Å²) >= 11 is 0. The van der Waals surface area contributed by atoms with Gasteiger partial charge in [-0.3, -0.25) is 14.7 Å². The molecular weight excluding hydrogens is 348 g/mol. The van der Waals surface area contributed by atoms with Crippen LogP contribution in [0.5, 0.6) is 0 Å². The first-order valence-electron chi connectivity index (χ1n) is 10.3. The second-order valence-corrected chi connectivity index (χ2v) is 7.66. The van der Waals surface area contributed by atoms with Crippen LogP contribution in [0.15, 0.2) is 42.9 Å². The van der Waals surface area contributed by atoms with E-state index in [4.69, 9.17) is 0 Å². The van der Waals surface area contributed by atoms with Gasteiger partial charge in [0.2, 0.25) is 0 Å². The molecule has 0 atom stereocenters. The van der Waals surface area contributed by atoms with Crippen molar-refractivity contribution in [2.24, 2.45) is 0 Å². The van der Waals surface area contributed by atoms with Gasteiger partial charge < -0.3 is 10.3 Å². The van der Waals surface area contributed by atoms with Crippen LogP contribution in [0.25, 0.3) is 22.0 Å². The number of aromatic nitrogens is 2. The maximum absolute atomic E-state index is 12.8. The highest BCUT2D eigenvalue weighted by Crippen LogP contribution is 2.27. The Bertz CT molecular complexity index is 970. The first kappa shape index (κ1) is 18.7. The Morgan fingerprint density at radius 3 is 2.71 bits per heavy atom. The Morgan fingerprint density at radius 2 is 2.00 bits per heavy atom. The number of rotatable bonds is 7. The van der Waals surface area contributed by atoms with Crippen molar-refractivity contribution >= 4 is 16.8 Å². The number of amides is 1. The Balaban J connectivity index is 1.62. The highest BCUT2D eigenvalue weighted by atomic mass is 16.1. The van der Waals surface area contributed by atoms with Crippen LogP contribution in [0.1, 0.15) is 49.0 Å². The van der Waals surface area contributed by atoms with E-state index in [1.807, 2.05) is 24.7 Å². The Kier molecular flexibility index (Phi) is 5.44. The smallest absolute Gasteiger partial charge is 0.253 e. The van der Waals surface area contributed by atoms with E-state index >= 15 is 0 Å². The van der Waals surface area contributed by atoms with Crippen LogP contribution in [-0.2, 0) is 6.54 Å². The lowest BCUT2D eigenvalue weighted by Gasteiger charge is -2.30. The van der Waals surface area contributed by atoms with Crippen molar-refractivity contribution in [2.45, 2.75) is 45.7 Å². The molecule has 4 rings (SSSR count). The van der Waals surface area contributed by atoms with Crippen LogP contribution in [0.4, 0.5) is 0 Å². The van der Waals surface area contributed by atoms with Crippen LogP contribution in [-0.4, -0.2) is 39.9 Å². The van der Waals surface area contributed by atoms with E-state index < -0.39 is 0 Å². The minimum Gasteiger partial charge on any atom is -0.360 e. The minimum absolute atomic E-state index is 0.0123. The lowest BCUT2D eigenvalue weighted by molar-refractivity contribution is 0.0936. The van der Waals surface area contributed by atoms with Gasteiger partial charge in [0, 0.05) is 47.6 Å². The molecule has 146 valence electrons. The van der Waals surface area contributed by atoms with Crippen molar-refractivity contribution in [3.63, 3.8) is 0 Å². The summed E-state index contributed by atoms with van der Waals surface area (Å²) in [5.41, 5.74) is 5.09. The summed E-state index contributed by atoms with van der Waals surface area (Å²) in [6.07, 6.45) is 8.82. The summed E-state index contributed by atoms with van der Waals surface area (Å²) in [5.74, 6) is -0.0123. The summed E-state index contributed by atoms with van der Waals surface area (Å²) in [4.78, 5) is 22.9. The van der Waals surface area contributed by atoms with E-state index in [1.165, 1.54) is 25.1 Å². The van der Waals surface area contributed by atoms with Crippen LogP contribution in [0.2, 0.25) is 0 Å². The van der Waals surface area contributed by atoms with E-state index in [-0.39, 0.29) is 11.9 Å². The van der Waals surface area contributed by atoms with Crippen molar-refractivity contribution in [1.82, 2.24) is 20.2 Å². The molecule has 2 aromatic heterocycles. The number of aromatic amines is 1. The first-order valence-corrected chi connectivity index (χ1v) is 10.3. The Labute approximate surface area is 166 Å². The molecule has 1 saturated heterocycles. The zero-order valence-electron chi connectivity index (χ0n) is 16.7. The third kappa shape index (κ3) is 3.80. The SMILES string of the molecule is CCC(CC)NC(=O)c1c[nH]c2ccc(-c3cncc(CN4CCC4)c3)cc12. The standard InChI is InChI=1S/C23H28N4O/c1-3-19(4-2)26-23(28)21-14-25-22-7-6-17(11-20(21)22)18-10-16(12-24-13-18)15-27-8-5-9-27/h6-7,10-14,19,25H,3-5,8-9,15H2,1-2H3,(H,26,28). The number of nitrogens with zero attached hydrogens (tertiary/aromatic N) is 2. The number of H-pyrrole nitrogens is 1. The molecule has 0 unspecified atom stereocenters. The molecule has 0 saturated carbocycles. The molecule has 0 spiro atoms. The summed E-state index contributed by atoms with van der Waals surface area (Å²) < 4.78 is 0. The van der Waals surface area contributed by atoms with Gasteiger partial charge in [-0.05, 0) is 61.7 Å². The molecular formula is C23H28N4O. The van der Waals surface area contributed by atoms with Gasteiger partial charge >= 0.3 is 0 Å². The van der Waals surface area contributed by atoms with E-state index in [0.29, 0.717) is 5.56 Å². The van der Waals surface area contributed by atoms with Crippen molar-refractivity contribution in [1.29, 1.82) is 0 Å². The Morgan fingerprint density at radius 1 is 1.18 bits per heavy atom. The van der Waals surface area contributed by atoms with Crippen LogP contribution in [0.3, 0.4) is 0 Å². The number of hydrogen-bond donors (Lipinski definition) is 2. The lowest BCUT2D eigenvalue weighted by atomic mass is 10.0. The molecule has 0 bridgehead atoms. The van der Waals surface area contributed by atoms with Gasteiger partial charge in [0.25, 0.3) is 5.91 Å². The highest BCUT2D eigenvalue weighted by Gasteiger charge is 2.17. The van der Waals surface area contributed by atoms with Crippen molar-refractivity contribution in [3.8, 4) is 11.1 Å². The summed E-state index contributed by atoms with van der Waals surface area (Å²) in [6, 6.07) is 8.65. The van der Waals surface area contributed by atoms with Gasteiger partial charge in [-0.2, -0.15) is 0 Å². The fourth-order valence-electron chi connectivity index (χ4n) is 3.77. The largest absolute Gasteiger partial charge is 0.360 e. The molecule has 1 aromatic carbocycles. The molecule has 2 N–H and O–H groups in total. The maximum atomic E-state index is 12.8. The molecule has 1 aliphatic heterocycles. The predicted octanol–water partition coefficient (Wildman–Crippen LogP) is 4.35. The van der Waals surface area contributed by atoms with Crippen LogP contribution in [0, 0.1) is 0 Å². The first-order chi connectivity index (χ1) is 13.7. The van der Waals surface area contributed by atoms with E-state index in [2.05, 4.69) is 52.2 Å². The van der Waals surface area contributed by atoms with Crippen molar-refractivity contribution < 1.29 is 4.79 Å². The van der Waals surface area contributed by atoms with E-state index in [0.717, 1.165) is 41.4 Å². The van der Waals surface area contributed by atoms with Gasteiger partial charge in [-0.1, -0.05) is 19.9 Å². The quantitative estimate of drug-likeness (QED) is 0.644. The zero-order valence-corrected chi connectivity index (χ0v) is 16.7. The van der Waals surface area contributed by atoms with Gasteiger partial charge in [-0.15, -0.1) is 0 Å². The zero-order chi connectivity index (χ0) is 19.5. The van der Waals surface area contributed by atoms with Gasteiger partial charge in [0.15, 0.2) is 0 Å². The summed E-state index contributed by atoms with van der Waals surface area (Å²) in [6.45, 7) is 7.50. The molecule has 28 heavy (non-hydrogen) atoms. The minimum atomic E-state index is -0.0123. The van der Waals surface area contributed by atoms with Crippen molar-refractivity contribution in [2.75, 3.05) is 13.1 Å². The number of carbonyl (C=O) groups is 1. The molecule has 3 heterocycles. The molecule has 5 nitrogen and oxygen atoms in total. The fraction of sp³-hybridized carbons (Fsp3) is 0.391. The van der Waals surface area contributed by atoms with Gasteiger partial charge in [-0.25, -0.2) is 0 Å². The van der Waals surface area contributed by atoms with Crippen LogP contribution >= 0.6 is 0 Å². The monoisotopic (exact) mass is 376 g/mol. The van der Waals surface area contributed by atoms with E-state index in [1.54, 1.807) is 0 Å². The highest BCUT2D eigenvalue weighted by molar-refractivity contribution is 6.07. The number of carbonyl (C=O) groups excluding carboxylic acids is 1. The molecule has 0 aliphatic carbocycles. The van der Waals surface area contributed by atoms with Crippen molar-refractivity contribution in [3.05, 3.63) is 54.0 Å². The normalized spacial score (nSPS) is 14.4. The van der Waals surface area contributed by atoms with Crippen LogP contribution < -0.4 is 5.32 Å². The molecule has 0 radical (unpaired) electrons. The molecule has 3 aromatic rings. The summed E-state index contributed by atoms with van der Waals surface area (Å²) in [5, 5.41) is 4.09. The Hall–Kier alpha value is -2.66. The number of hydrogen-bond acceptors (Lipinski definition) is 3. The average Bonchev–Trinajstić information content (AvgIpc) is 3.12. The maximum Gasteiger partial charge on any atom is 0.253 e. The number of benzene rings is 1. The third-order valence-electron chi connectivity index (χ3n) is 5.73.